The van der Waals surface area contributed by atoms with Crippen molar-refractivity contribution in [2.75, 3.05) is 13.2 Å². The molecule has 36 heavy (non-hydrogen) atoms. The summed E-state index contributed by atoms with van der Waals surface area (Å²) in [4.78, 5) is 12.1. The van der Waals surface area contributed by atoms with E-state index in [1.54, 1.807) is 0 Å². The monoisotopic (exact) mass is 572 g/mol. The van der Waals surface area contributed by atoms with Crippen LogP contribution in [0.4, 0.5) is 43.9 Å². The molecule has 0 saturated heterocycles. The second-order valence-corrected chi connectivity index (χ2v) is 9.57. The lowest BCUT2D eigenvalue weighted by Gasteiger charge is -2.45. The minimum Gasteiger partial charge on any atom is -0.452 e. The van der Waals surface area contributed by atoms with Crippen molar-refractivity contribution < 1.29 is 76.2 Å². The fourth-order valence-corrected chi connectivity index (χ4v) is 4.03. The Balaban J connectivity index is 2.72. The number of ether oxygens (including phenoxy) is 2. The van der Waals surface area contributed by atoms with Gasteiger partial charge in [-0.2, -0.15) is 52.3 Å². The Morgan fingerprint density at radius 2 is 1.39 bits per heavy atom. The van der Waals surface area contributed by atoms with Gasteiger partial charge in [-0.05, 0) is 38.5 Å². The molecule has 0 aromatic carbocycles. The van der Waals surface area contributed by atoms with Crippen LogP contribution in [0, 0.1) is 0 Å². The molecule has 0 aromatic rings. The van der Waals surface area contributed by atoms with Gasteiger partial charge in [0.2, 0.25) is 0 Å². The van der Waals surface area contributed by atoms with Gasteiger partial charge in [0, 0.05) is 13.0 Å². The minimum absolute atomic E-state index is 0.230. The van der Waals surface area contributed by atoms with E-state index in [0.29, 0.717) is 0 Å². The van der Waals surface area contributed by atoms with Crippen LogP contribution < -0.4 is 0 Å². The number of halogens is 10. The molecule has 0 atom stereocenters. The molecular weight excluding hydrogens is 550 g/mol. The molecule has 7 nitrogen and oxygen atoms in total. The first-order chi connectivity index (χ1) is 16.0. The number of carbonyl (C=O) groups excluding carboxylic acids is 1. The normalized spacial score (nSPS) is 17.8. The number of alkyl halides is 10. The Hall–Kier alpha value is -1.66. The van der Waals surface area contributed by atoms with Gasteiger partial charge in [-0.1, -0.05) is 6.58 Å². The highest BCUT2D eigenvalue weighted by molar-refractivity contribution is 7.87. The topological polar surface area (TPSA) is 110 Å². The van der Waals surface area contributed by atoms with E-state index in [0.717, 1.165) is 0 Å². The first kappa shape index (κ1) is 32.4. The number of unbranched alkanes of at least 4 members (excludes halogenated alkanes) is 1. The molecular formula is C18H22F10O7S. The zero-order chi connectivity index (χ0) is 28.4. The number of esters is 1. The van der Waals surface area contributed by atoms with Crippen LogP contribution in [-0.2, 0) is 24.4 Å². The summed E-state index contributed by atoms with van der Waals surface area (Å²) in [5.74, 6) is -6.90. The zero-order valence-corrected chi connectivity index (χ0v) is 19.0. The van der Waals surface area contributed by atoms with Crippen molar-refractivity contribution in [1.82, 2.24) is 0 Å². The van der Waals surface area contributed by atoms with Crippen molar-refractivity contribution in [2.45, 2.75) is 79.7 Å². The molecule has 0 unspecified atom stereocenters. The molecule has 1 aliphatic rings. The average molecular weight is 572 g/mol. The molecule has 0 bridgehead atoms. The Kier molecular flexibility index (Phi) is 9.54. The molecule has 1 rings (SSSR count). The van der Waals surface area contributed by atoms with E-state index in [2.05, 4.69) is 11.3 Å². The summed E-state index contributed by atoms with van der Waals surface area (Å²) in [5, 5.41) is 4.00. The summed E-state index contributed by atoms with van der Waals surface area (Å²) in [7, 11) is -6.41. The van der Waals surface area contributed by atoms with Gasteiger partial charge in [-0.25, -0.2) is 4.79 Å². The van der Waals surface area contributed by atoms with Crippen molar-refractivity contribution in [2.24, 2.45) is 0 Å². The van der Waals surface area contributed by atoms with Crippen LogP contribution in [0.2, 0.25) is 0 Å². The van der Waals surface area contributed by atoms with Crippen LogP contribution in [-0.4, -0.2) is 72.0 Å². The predicted molar refractivity (Wildman–Crippen MR) is 99.6 cm³/mol. The Morgan fingerprint density at radius 3 is 1.81 bits per heavy atom. The van der Waals surface area contributed by atoms with Gasteiger partial charge in [0.1, 0.15) is 0 Å². The molecule has 212 valence electrons. The maximum absolute atomic E-state index is 13.3. The van der Waals surface area contributed by atoms with Crippen LogP contribution in [0.15, 0.2) is 12.2 Å². The van der Waals surface area contributed by atoms with E-state index in [-0.39, 0.29) is 12.8 Å². The number of aliphatic hydroxyl groups is 1. The van der Waals surface area contributed by atoms with Crippen LogP contribution in [0.3, 0.4) is 0 Å². The van der Waals surface area contributed by atoms with Crippen LogP contribution >= 0.6 is 0 Å². The highest BCUT2D eigenvalue weighted by Gasteiger charge is 2.81. The minimum atomic E-state index is -6.41. The summed E-state index contributed by atoms with van der Waals surface area (Å²) in [6.45, 7) is 1.67. The van der Waals surface area contributed by atoms with Crippen molar-refractivity contribution in [3.8, 4) is 0 Å². The molecule has 1 fully saturated rings. The van der Waals surface area contributed by atoms with Crippen LogP contribution in [0.1, 0.15) is 44.9 Å². The highest BCUT2D eigenvalue weighted by Crippen LogP contribution is 2.56. The van der Waals surface area contributed by atoms with Crippen molar-refractivity contribution in [1.29, 1.82) is 0 Å². The summed E-state index contributed by atoms with van der Waals surface area (Å²) in [6.07, 6.45) is -17.8. The molecule has 0 heterocycles. The van der Waals surface area contributed by atoms with E-state index in [4.69, 9.17) is 9.29 Å². The van der Waals surface area contributed by atoms with Gasteiger partial charge in [-0.3, -0.25) is 4.55 Å². The third-order valence-corrected chi connectivity index (χ3v) is 6.47. The third kappa shape index (κ3) is 6.24. The van der Waals surface area contributed by atoms with Gasteiger partial charge in [0.25, 0.3) is 5.60 Å². The molecule has 0 aliphatic heterocycles. The molecule has 2 N–H and O–H groups in total. The number of carbonyl (C=O) groups is 1. The standard InChI is InChI=1S/C18H22F10O7S/c1-11(10-34-9-5-4-8-14(19,20)18(27,28)36(31,32)33)12(29)35-13(6-2-3-7-13)15(30,16(21,22)23)17(24,25)26/h30H,1-10H2,(H,31,32,33). The maximum atomic E-state index is 13.3. The van der Waals surface area contributed by atoms with E-state index in [1.165, 1.54) is 0 Å². The maximum Gasteiger partial charge on any atom is 0.431 e. The number of hydrogen-bond acceptors (Lipinski definition) is 6. The lowest BCUT2D eigenvalue weighted by Crippen LogP contribution is -2.71. The van der Waals surface area contributed by atoms with Gasteiger partial charge >= 0.3 is 39.6 Å². The Morgan fingerprint density at radius 1 is 0.917 bits per heavy atom. The highest BCUT2D eigenvalue weighted by atomic mass is 32.2. The largest absolute Gasteiger partial charge is 0.452 e. The summed E-state index contributed by atoms with van der Waals surface area (Å²) in [6, 6.07) is 0. The zero-order valence-electron chi connectivity index (χ0n) is 18.2. The fraction of sp³-hybridized carbons (Fsp3) is 0.833. The molecule has 1 saturated carbocycles. The molecule has 1 aliphatic carbocycles. The van der Waals surface area contributed by atoms with Crippen LogP contribution in [0.5, 0.6) is 0 Å². The van der Waals surface area contributed by atoms with Crippen molar-refractivity contribution >= 4 is 16.1 Å². The lowest BCUT2D eigenvalue weighted by molar-refractivity contribution is -0.411. The molecule has 0 spiro atoms. The van der Waals surface area contributed by atoms with E-state index < -0.39 is 102 Å². The molecule has 18 heteroatoms. The van der Waals surface area contributed by atoms with Gasteiger partial charge in [0.05, 0.1) is 12.2 Å². The Labute approximate surface area is 198 Å². The third-order valence-electron chi connectivity index (χ3n) is 5.52. The van der Waals surface area contributed by atoms with Crippen LogP contribution in [0.25, 0.3) is 0 Å². The fourth-order valence-electron chi connectivity index (χ4n) is 3.55. The average Bonchev–Trinajstić information content (AvgIpc) is 3.16. The van der Waals surface area contributed by atoms with E-state index >= 15 is 0 Å². The second kappa shape index (κ2) is 10.6. The predicted octanol–water partition coefficient (Wildman–Crippen LogP) is 4.56. The SMILES string of the molecule is C=C(COCCCCC(F)(F)C(F)(F)S(=O)(=O)O)C(=O)OC1(C(O)(C(F)(F)F)C(F)(F)F)CCCC1. The van der Waals surface area contributed by atoms with Crippen molar-refractivity contribution in [3.63, 3.8) is 0 Å². The molecule has 0 amide bonds. The number of hydrogen-bond donors (Lipinski definition) is 2. The quantitative estimate of drug-likeness (QED) is 0.116. The summed E-state index contributed by atoms with van der Waals surface area (Å²) in [5.41, 5.74) is -9.57. The van der Waals surface area contributed by atoms with E-state index in [1.807, 2.05) is 0 Å². The van der Waals surface area contributed by atoms with Gasteiger partial charge in [0.15, 0.2) is 5.60 Å². The summed E-state index contributed by atoms with van der Waals surface area (Å²) < 4.78 is 171. The first-order valence-electron chi connectivity index (χ1n) is 10.0. The lowest BCUT2D eigenvalue weighted by atomic mass is 9.79. The number of rotatable bonds is 12. The second-order valence-electron chi connectivity index (χ2n) is 8.11. The summed E-state index contributed by atoms with van der Waals surface area (Å²) >= 11 is 0. The Bertz CT molecular complexity index is 892. The molecule has 0 radical (unpaired) electrons. The molecule has 0 aromatic heterocycles. The van der Waals surface area contributed by atoms with Crippen molar-refractivity contribution in [3.05, 3.63) is 12.2 Å². The van der Waals surface area contributed by atoms with E-state index in [9.17, 15) is 62.2 Å². The van der Waals surface area contributed by atoms with Gasteiger partial charge < -0.3 is 14.6 Å². The van der Waals surface area contributed by atoms with Gasteiger partial charge in [-0.15, -0.1) is 0 Å². The smallest absolute Gasteiger partial charge is 0.431 e. The first-order valence-corrected chi connectivity index (χ1v) is 11.5.